The number of likely N-dealkylation sites (N-methyl/N-ethyl adjacent to an activating group) is 1. The summed E-state index contributed by atoms with van der Waals surface area (Å²) < 4.78 is 28.5. The van der Waals surface area contributed by atoms with E-state index >= 15 is 0 Å². The van der Waals surface area contributed by atoms with Gasteiger partial charge < -0.3 is 13.4 Å². The van der Waals surface area contributed by atoms with Crippen molar-refractivity contribution in [2.24, 2.45) is 0 Å². The van der Waals surface area contributed by atoms with Gasteiger partial charge >= 0.3 is 7.82 Å². The second-order valence-electron chi connectivity index (χ2n) is 6.89. The normalized spacial score (nSPS) is 15.4. The van der Waals surface area contributed by atoms with Gasteiger partial charge in [0.05, 0.1) is 26.5 Å². The molecule has 1 aromatic rings. The third-order valence-corrected chi connectivity index (χ3v) is 10.7. The van der Waals surface area contributed by atoms with Crippen LogP contribution in [0.15, 0.2) is 16.7 Å². The highest BCUT2D eigenvalue weighted by Crippen LogP contribution is 2.43. The van der Waals surface area contributed by atoms with Gasteiger partial charge in [0.25, 0.3) is 0 Å². The molecule has 1 N–H and O–H groups in total. The summed E-state index contributed by atoms with van der Waals surface area (Å²) in [6, 6.07) is 4.98. The fourth-order valence-electron chi connectivity index (χ4n) is 2.51. The van der Waals surface area contributed by atoms with Crippen LogP contribution in [0.4, 0.5) is 0 Å². The first-order valence-corrected chi connectivity index (χ1v) is 12.3. The number of nitrogens with zero attached hydrogens (tertiary/aromatic N) is 1. The second-order valence-corrected chi connectivity index (χ2v) is 13.4. The Balaban J connectivity index is 2.73. The number of phosphoric acid groups is 1. The molecule has 1 aromatic heterocycles. The van der Waals surface area contributed by atoms with Crippen LogP contribution in [0.3, 0.4) is 0 Å². The van der Waals surface area contributed by atoms with Crippen molar-refractivity contribution in [2.75, 3.05) is 34.3 Å². The molecule has 0 aliphatic rings. The number of rotatable bonds is 10. The highest BCUT2D eigenvalue weighted by molar-refractivity contribution is 7.47. The summed E-state index contributed by atoms with van der Waals surface area (Å²) in [5, 5.41) is 0.923. The highest BCUT2D eigenvalue weighted by atomic mass is 31.2. The maximum atomic E-state index is 12.0. The monoisotopic (exact) mass is 364 g/mol. The van der Waals surface area contributed by atoms with Crippen LogP contribution in [0.1, 0.15) is 20.8 Å². The molecule has 1 heterocycles. The topological polar surface area (TPSA) is 68.9 Å². The van der Waals surface area contributed by atoms with E-state index in [1.54, 1.807) is 6.07 Å². The molecule has 0 saturated carbocycles. The minimum atomic E-state index is -4.12. The van der Waals surface area contributed by atoms with Crippen LogP contribution in [0.5, 0.6) is 5.75 Å². The molecule has 0 bridgehead atoms. The number of hydrogen-bond donors (Lipinski definition) is 1. The van der Waals surface area contributed by atoms with Crippen molar-refractivity contribution in [1.29, 1.82) is 0 Å². The van der Waals surface area contributed by atoms with Crippen LogP contribution in [-0.2, 0) is 9.09 Å². The molecule has 0 aliphatic heterocycles. The van der Waals surface area contributed by atoms with E-state index < -0.39 is 15.9 Å². The Morgan fingerprint density at radius 2 is 1.78 bits per heavy atom. The van der Waals surface area contributed by atoms with Crippen molar-refractivity contribution >= 4 is 21.3 Å². The van der Waals surface area contributed by atoms with Gasteiger partial charge in [0.1, 0.15) is 27.5 Å². The molecule has 134 valence electrons. The lowest BCUT2D eigenvalue weighted by molar-refractivity contribution is -0.870. The largest absolute Gasteiger partial charge is 0.527 e. The van der Waals surface area contributed by atoms with Crippen molar-refractivity contribution < 1.29 is 27.4 Å². The van der Waals surface area contributed by atoms with E-state index in [1.165, 1.54) is 6.26 Å². The number of phosphoric ester groups is 1. The molecule has 23 heavy (non-hydrogen) atoms. The number of hydrogen-bond acceptors (Lipinski definition) is 4. The van der Waals surface area contributed by atoms with Gasteiger partial charge in [-0.25, -0.2) is 4.57 Å². The van der Waals surface area contributed by atoms with Gasteiger partial charge in [0.15, 0.2) is 5.75 Å². The molecule has 0 radical (unpaired) electrons. The van der Waals surface area contributed by atoms with Gasteiger partial charge in [0.2, 0.25) is 0 Å². The zero-order chi connectivity index (χ0) is 17.7. The molecule has 8 heteroatoms. The van der Waals surface area contributed by atoms with Crippen LogP contribution in [0.25, 0.3) is 0 Å². The fraction of sp³-hybridized carbons (Fsp3) is 0.733. The van der Waals surface area contributed by atoms with E-state index in [4.69, 9.17) is 13.5 Å². The Morgan fingerprint density at radius 1 is 1.22 bits per heavy atom. The highest BCUT2D eigenvalue weighted by Gasteiger charge is 2.34. The van der Waals surface area contributed by atoms with Crippen molar-refractivity contribution in [3.8, 4) is 5.75 Å². The van der Waals surface area contributed by atoms with Crippen molar-refractivity contribution in [3.05, 3.63) is 12.3 Å². The Morgan fingerprint density at radius 3 is 2.26 bits per heavy atom. The molecule has 0 fully saturated rings. The molecule has 0 aliphatic carbocycles. The minimum absolute atomic E-state index is 0.152. The van der Waals surface area contributed by atoms with Crippen molar-refractivity contribution in [1.82, 2.24) is 0 Å². The fourth-order valence-corrected chi connectivity index (χ4v) is 6.54. The lowest BCUT2D eigenvalue weighted by Gasteiger charge is -2.24. The lowest BCUT2D eigenvalue weighted by Crippen LogP contribution is -2.44. The molecular weight excluding hydrogens is 333 g/mol. The standard InChI is InChI=1S/C15H30NO5PSi/c1-7-23(8-2,9-3)15-12-14(13-19-15)21-22(17,18)20-11-10-16(4,5)6/h12-13H,7-11H2,1-6H3/p+1. The molecule has 0 aromatic carbocycles. The summed E-state index contributed by atoms with van der Waals surface area (Å²) in [6.45, 7) is 7.29. The predicted octanol–water partition coefficient (Wildman–Crippen LogP) is 3.20. The summed E-state index contributed by atoms with van der Waals surface area (Å²) in [6.07, 6.45) is 1.41. The summed E-state index contributed by atoms with van der Waals surface area (Å²) in [4.78, 5) is 9.82. The van der Waals surface area contributed by atoms with Crippen LogP contribution in [0, 0.1) is 0 Å². The zero-order valence-corrected chi connectivity index (χ0v) is 17.1. The maximum Gasteiger partial charge on any atom is 0.527 e. The van der Waals surface area contributed by atoms with Gasteiger partial charge in [-0.2, -0.15) is 0 Å². The summed E-state index contributed by atoms with van der Waals surface area (Å²) in [5.74, 6) is 0.267. The first-order chi connectivity index (χ1) is 10.6. The Labute approximate surface area is 140 Å². The SMILES string of the molecule is CC[Si](CC)(CC)c1cc(OP(=O)(O)OCC[N+](C)(C)C)co1. The summed E-state index contributed by atoms with van der Waals surface area (Å²) in [5.41, 5.74) is 0. The van der Waals surface area contributed by atoms with E-state index in [-0.39, 0.29) is 12.4 Å². The number of quaternary nitrogens is 1. The van der Waals surface area contributed by atoms with Crippen LogP contribution in [0.2, 0.25) is 18.1 Å². The third-order valence-electron chi connectivity index (χ3n) is 4.37. The maximum absolute atomic E-state index is 12.0. The van der Waals surface area contributed by atoms with E-state index in [2.05, 4.69) is 20.8 Å². The van der Waals surface area contributed by atoms with Gasteiger partial charge in [-0.1, -0.05) is 38.9 Å². The molecule has 1 unspecified atom stereocenters. The van der Waals surface area contributed by atoms with E-state index in [1.807, 2.05) is 21.1 Å². The quantitative estimate of drug-likeness (QED) is 0.392. The summed E-state index contributed by atoms with van der Waals surface area (Å²) in [7, 11) is 0.177. The third kappa shape index (κ3) is 6.08. The van der Waals surface area contributed by atoms with E-state index in [0.29, 0.717) is 11.0 Å². The molecule has 0 amide bonds. The Hall–Kier alpha value is -0.593. The van der Waals surface area contributed by atoms with Crippen LogP contribution in [-0.4, -0.2) is 51.7 Å². The molecule has 1 rings (SSSR count). The minimum Gasteiger partial charge on any atom is -0.470 e. The molecule has 0 spiro atoms. The van der Waals surface area contributed by atoms with Crippen molar-refractivity contribution in [3.63, 3.8) is 0 Å². The average molecular weight is 364 g/mol. The Bertz CT molecular complexity index is 528. The predicted molar refractivity (Wildman–Crippen MR) is 94.8 cm³/mol. The van der Waals surface area contributed by atoms with Gasteiger partial charge in [0, 0.05) is 6.07 Å². The number of furan rings is 1. The van der Waals surface area contributed by atoms with E-state index in [0.717, 1.165) is 23.5 Å². The molecular formula is C15H31NO5PSi+. The smallest absolute Gasteiger partial charge is 0.470 e. The van der Waals surface area contributed by atoms with Crippen molar-refractivity contribution in [2.45, 2.75) is 38.9 Å². The summed E-state index contributed by atoms with van der Waals surface area (Å²) >= 11 is 0. The van der Waals surface area contributed by atoms with Gasteiger partial charge in [-0.15, -0.1) is 0 Å². The van der Waals surface area contributed by atoms with Crippen LogP contribution >= 0.6 is 7.82 Å². The van der Waals surface area contributed by atoms with Crippen LogP contribution < -0.4 is 9.91 Å². The molecule has 6 nitrogen and oxygen atoms in total. The van der Waals surface area contributed by atoms with E-state index in [9.17, 15) is 9.46 Å². The van der Waals surface area contributed by atoms with Gasteiger partial charge in [-0.3, -0.25) is 9.42 Å². The molecule has 0 saturated heterocycles. The Kier molecular flexibility index (Phi) is 7.10. The zero-order valence-electron chi connectivity index (χ0n) is 15.2. The van der Waals surface area contributed by atoms with Gasteiger partial charge in [-0.05, 0) is 0 Å². The first kappa shape index (κ1) is 20.5. The molecule has 1 atom stereocenters. The second kappa shape index (κ2) is 7.99. The first-order valence-electron chi connectivity index (χ1n) is 8.14. The average Bonchev–Trinajstić information content (AvgIpc) is 2.88. The lowest BCUT2D eigenvalue weighted by atomic mass is 10.5.